The van der Waals surface area contributed by atoms with Gasteiger partial charge in [0.1, 0.15) is 23.0 Å². The summed E-state index contributed by atoms with van der Waals surface area (Å²) >= 11 is 0. The summed E-state index contributed by atoms with van der Waals surface area (Å²) in [5, 5.41) is 3.44. The van der Waals surface area contributed by atoms with Crippen molar-refractivity contribution in [2.45, 2.75) is 6.42 Å². The van der Waals surface area contributed by atoms with Crippen LogP contribution in [0.4, 0.5) is 20.2 Å². The number of hydrogen-bond acceptors (Lipinski definition) is 4. The van der Waals surface area contributed by atoms with Crippen molar-refractivity contribution in [3.05, 3.63) is 107 Å². The number of aryl methyl sites for hydroxylation is 1. The van der Waals surface area contributed by atoms with Crippen molar-refractivity contribution >= 4 is 34.1 Å². The molecular formula is C31H24F2N4O4. The molecule has 1 atom stereocenters. The fourth-order valence-electron chi connectivity index (χ4n) is 5.18. The quantitative estimate of drug-likeness (QED) is 0.267. The molecule has 2 N–H and O–H groups in total. The summed E-state index contributed by atoms with van der Waals surface area (Å²) < 4.78 is 35.5. The minimum atomic E-state index is -0.884. The van der Waals surface area contributed by atoms with Crippen molar-refractivity contribution in [3.8, 4) is 22.6 Å². The predicted molar refractivity (Wildman–Crippen MR) is 151 cm³/mol. The highest BCUT2D eigenvalue weighted by Gasteiger charge is 2.37. The smallest absolute Gasteiger partial charge is 0.272 e. The second kappa shape index (κ2) is 10.4. The number of carbonyl (C=O) groups is 2. The molecule has 1 aliphatic rings. The molecule has 1 fully saturated rings. The van der Waals surface area contributed by atoms with Crippen molar-refractivity contribution in [1.29, 1.82) is 0 Å². The molecule has 0 bridgehead atoms. The van der Waals surface area contributed by atoms with Crippen LogP contribution in [-0.4, -0.2) is 27.9 Å². The average Bonchev–Trinajstić information content (AvgIpc) is 3.51. The van der Waals surface area contributed by atoms with E-state index in [2.05, 4.69) is 10.3 Å². The molecule has 1 aliphatic heterocycles. The molecule has 1 unspecified atom stereocenters. The number of fused-ring (bicyclic) bond motifs is 1. The number of H-pyrrole nitrogens is 1. The minimum absolute atomic E-state index is 0.194. The van der Waals surface area contributed by atoms with E-state index in [1.54, 1.807) is 47.0 Å². The number of aromatic nitrogens is 2. The van der Waals surface area contributed by atoms with Crippen LogP contribution in [0.5, 0.6) is 11.5 Å². The summed E-state index contributed by atoms with van der Waals surface area (Å²) in [6, 6.07) is 18.6. The molecule has 2 aromatic heterocycles. The lowest BCUT2D eigenvalue weighted by Crippen LogP contribution is -2.33. The Balaban J connectivity index is 1.36. The second-order valence-corrected chi connectivity index (χ2v) is 9.77. The molecule has 41 heavy (non-hydrogen) atoms. The van der Waals surface area contributed by atoms with E-state index in [1.165, 1.54) is 12.3 Å². The molecule has 5 aromatic rings. The summed E-state index contributed by atoms with van der Waals surface area (Å²) in [4.78, 5) is 43.1. The normalized spacial score (nSPS) is 15.0. The van der Waals surface area contributed by atoms with E-state index < -0.39 is 23.5 Å². The molecule has 1 saturated heterocycles. The van der Waals surface area contributed by atoms with Crippen LogP contribution in [-0.2, 0) is 16.6 Å². The number of hydrogen-bond donors (Lipinski definition) is 2. The number of amides is 2. The number of pyridine rings is 1. The summed E-state index contributed by atoms with van der Waals surface area (Å²) in [6.07, 6.45) is 3.61. The first-order valence-electron chi connectivity index (χ1n) is 12.9. The lowest BCUT2D eigenvalue weighted by Gasteiger charge is -2.17. The topological polar surface area (TPSA) is 96.4 Å². The monoisotopic (exact) mass is 554 g/mol. The first-order valence-corrected chi connectivity index (χ1v) is 12.9. The molecule has 0 saturated carbocycles. The van der Waals surface area contributed by atoms with Gasteiger partial charge in [0.05, 0.1) is 0 Å². The van der Waals surface area contributed by atoms with E-state index in [4.69, 9.17) is 4.74 Å². The maximum Gasteiger partial charge on any atom is 0.272 e. The number of para-hydroxylation sites is 1. The Morgan fingerprint density at radius 2 is 1.76 bits per heavy atom. The second-order valence-electron chi connectivity index (χ2n) is 9.77. The maximum atomic E-state index is 14.5. The molecular weight excluding hydrogens is 530 g/mol. The predicted octanol–water partition coefficient (Wildman–Crippen LogP) is 5.60. The van der Waals surface area contributed by atoms with E-state index in [1.807, 2.05) is 30.3 Å². The summed E-state index contributed by atoms with van der Waals surface area (Å²) in [7, 11) is 1.72. The fourth-order valence-corrected chi connectivity index (χ4v) is 5.18. The molecule has 0 spiro atoms. The Kier molecular flexibility index (Phi) is 6.58. The van der Waals surface area contributed by atoms with Crippen LogP contribution in [0.3, 0.4) is 0 Å². The Hall–Kier alpha value is -5.25. The lowest BCUT2D eigenvalue weighted by molar-refractivity contribution is -0.129. The van der Waals surface area contributed by atoms with Crippen molar-refractivity contribution < 1.29 is 23.1 Å². The number of ether oxygens (including phenoxy) is 1. The number of benzene rings is 3. The molecule has 3 heterocycles. The van der Waals surface area contributed by atoms with E-state index in [0.717, 1.165) is 17.8 Å². The number of nitrogens with one attached hydrogen (secondary N) is 2. The van der Waals surface area contributed by atoms with Gasteiger partial charge in [-0.2, -0.15) is 0 Å². The number of aromatic amines is 1. The maximum absolute atomic E-state index is 14.5. The minimum Gasteiger partial charge on any atom is -0.454 e. The first-order chi connectivity index (χ1) is 19.8. The van der Waals surface area contributed by atoms with Gasteiger partial charge in [-0.3, -0.25) is 14.4 Å². The molecule has 10 heteroatoms. The SMILES string of the molecule is Cn1cc(-c2cc(NC(=O)C3CCN(c4ccccc4)C3=O)ccc2Oc2ccc(F)cc2F)c2cc[nH]c(=O)c21. The van der Waals surface area contributed by atoms with Crippen molar-refractivity contribution in [1.82, 2.24) is 9.55 Å². The van der Waals surface area contributed by atoms with Gasteiger partial charge in [0.25, 0.3) is 5.56 Å². The van der Waals surface area contributed by atoms with E-state index >= 15 is 0 Å². The Labute approximate surface area is 232 Å². The van der Waals surface area contributed by atoms with Gasteiger partial charge in [0.15, 0.2) is 11.6 Å². The zero-order chi connectivity index (χ0) is 28.7. The highest BCUT2D eigenvalue weighted by atomic mass is 19.1. The number of nitrogens with zero attached hydrogens (tertiary/aromatic N) is 2. The van der Waals surface area contributed by atoms with Gasteiger partial charge in [-0.15, -0.1) is 0 Å². The third-order valence-electron chi connectivity index (χ3n) is 7.14. The Morgan fingerprint density at radius 1 is 0.976 bits per heavy atom. The van der Waals surface area contributed by atoms with Gasteiger partial charge in [0.2, 0.25) is 11.8 Å². The van der Waals surface area contributed by atoms with Gasteiger partial charge in [-0.25, -0.2) is 8.78 Å². The Morgan fingerprint density at radius 3 is 2.54 bits per heavy atom. The standard InChI is InChI=1S/C31H24F2N4O4/c1-36-17-24(21-11-13-34-30(39)28(21)36)23-16-19(8-10-26(23)41-27-9-7-18(32)15-25(27)33)35-29(38)22-12-14-37(31(22)40)20-5-3-2-4-6-20/h2-11,13,15-17,22H,12,14H2,1H3,(H,34,39)(H,35,38). The molecule has 0 radical (unpaired) electrons. The zero-order valence-corrected chi connectivity index (χ0v) is 21.9. The van der Waals surface area contributed by atoms with Crippen LogP contribution < -0.4 is 20.5 Å². The van der Waals surface area contributed by atoms with Crippen LogP contribution in [0.15, 0.2) is 90.0 Å². The molecule has 0 aliphatic carbocycles. The molecule has 3 aromatic carbocycles. The van der Waals surface area contributed by atoms with Gasteiger partial charge in [-0.05, 0) is 55.0 Å². The van der Waals surface area contributed by atoms with E-state index in [0.29, 0.717) is 40.7 Å². The number of carbonyl (C=O) groups excluding carboxylic acids is 2. The molecule has 8 nitrogen and oxygen atoms in total. The Bertz CT molecular complexity index is 1870. The summed E-state index contributed by atoms with van der Waals surface area (Å²) in [5.41, 5.74) is 2.27. The molecule has 2 amide bonds. The van der Waals surface area contributed by atoms with Crippen LogP contribution in [0.25, 0.3) is 22.0 Å². The summed E-state index contributed by atoms with van der Waals surface area (Å²) in [5.74, 6) is -3.20. The van der Waals surface area contributed by atoms with Crippen LogP contribution in [0.1, 0.15) is 6.42 Å². The van der Waals surface area contributed by atoms with Crippen LogP contribution in [0.2, 0.25) is 0 Å². The zero-order valence-electron chi connectivity index (χ0n) is 21.9. The average molecular weight is 555 g/mol. The van der Waals surface area contributed by atoms with Gasteiger partial charge in [0, 0.05) is 59.9 Å². The highest BCUT2D eigenvalue weighted by molar-refractivity contribution is 6.13. The number of anilines is 2. The van der Waals surface area contributed by atoms with Crippen LogP contribution in [0, 0.1) is 17.6 Å². The summed E-state index contributed by atoms with van der Waals surface area (Å²) in [6.45, 7) is 0.423. The van der Waals surface area contributed by atoms with Gasteiger partial charge in [-0.1, -0.05) is 18.2 Å². The molecule has 6 rings (SSSR count). The number of rotatable bonds is 6. The van der Waals surface area contributed by atoms with Crippen molar-refractivity contribution in [2.24, 2.45) is 13.0 Å². The third kappa shape index (κ3) is 4.84. The van der Waals surface area contributed by atoms with Crippen LogP contribution >= 0.6 is 0 Å². The van der Waals surface area contributed by atoms with E-state index in [9.17, 15) is 23.2 Å². The van der Waals surface area contributed by atoms with Crippen molar-refractivity contribution in [2.75, 3.05) is 16.8 Å². The van der Waals surface area contributed by atoms with Gasteiger partial charge < -0.3 is 24.5 Å². The lowest BCUT2D eigenvalue weighted by atomic mass is 10.0. The fraction of sp³-hybridized carbons (Fsp3) is 0.129. The van der Waals surface area contributed by atoms with Gasteiger partial charge >= 0.3 is 0 Å². The third-order valence-corrected chi connectivity index (χ3v) is 7.14. The van der Waals surface area contributed by atoms with E-state index in [-0.39, 0.29) is 23.0 Å². The highest BCUT2D eigenvalue weighted by Crippen LogP contribution is 2.40. The number of halogens is 2. The van der Waals surface area contributed by atoms with Crippen molar-refractivity contribution in [3.63, 3.8) is 0 Å². The molecule has 206 valence electrons. The first kappa shape index (κ1) is 26.0. The largest absolute Gasteiger partial charge is 0.454 e.